The van der Waals surface area contributed by atoms with Crippen LogP contribution in [0.25, 0.3) is 0 Å². The number of hydrogen-bond donors (Lipinski definition) is 3. The van der Waals surface area contributed by atoms with Gasteiger partial charge in [0.2, 0.25) is 11.8 Å². The summed E-state index contributed by atoms with van der Waals surface area (Å²) >= 11 is 6.14. The van der Waals surface area contributed by atoms with E-state index in [9.17, 15) is 24.6 Å². The van der Waals surface area contributed by atoms with E-state index in [2.05, 4.69) is 5.32 Å². The molecule has 0 radical (unpaired) electrons. The van der Waals surface area contributed by atoms with Gasteiger partial charge in [0.25, 0.3) is 0 Å². The first-order valence-corrected chi connectivity index (χ1v) is 15.4. The quantitative estimate of drug-likeness (QED) is 0.352. The molecule has 2 aromatic rings. The van der Waals surface area contributed by atoms with Crippen LogP contribution in [0.3, 0.4) is 0 Å². The lowest BCUT2D eigenvalue weighted by Crippen LogP contribution is -2.55. The highest BCUT2D eigenvalue weighted by molar-refractivity contribution is 6.30. The van der Waals surface area contributed by atoms with Crippen LogP contribution in [0, 0.1) is 17.8 Å². The molecule has 6 rings (SSSR count). The fourth-order valence-corrected chi connectivity index (χ4v) is 7.80. The monoisotopic (exact) mass is 608 g/mol. The van der Waals surface area contributed by atoms with Crippen molar-refractivity contribution in [1.29, 1.82) is 0 Å². The van der Waals surface area contributed by atoms with Gasteiger partial charge in [-0.25, -0.2) is 0 Å². The first-order valence-electron chi connectivity index (χ1n) is 15.0. The van der Waals surface area contributed by atoms with Crippen LogP contribution >= 0.6 is 11.6 Å². The van der Waals surface area contributed by atoms with Gasteiger partial charge in [-0.3, -0.25) is 14.4 Å². The molecule has 1 heterocycles. The lowest BCUT2D eigenvalue weighted by molar-refractivity contribution is -0.139. The van der Waals surface area contributed by atoms with Crippen molar-refractivity contribution in [3.8, 4) is 11.5 Å². The summed E-state index contributed by atoms with van der Waals surface area (Å²) in [7, 11) is 1.46. The number of benzene rings is 2. The Labute approximate surface area is 255 Å². The Morgan fingerprint density at radius 3 is 2.63 bits per heavy atom. The topological polar surface area (TPSA) is 125 Å². The van der Waals surface area contributed by atoms with Gasteiger partial charge in [0.05, 0.1) is 25.7 Å². The fraction of sp³-hybridized carbons (Fsp3) is 0.485. The van der Waals surface area contributed by atoms with Gasteiger partial charge in [-0.05, 0) is 72.9 Å². The summed E-state index contributed by atoms with van der Waals surface area (Å²) in [4.78, 5) is 41.1. The third-order valence-corrected chi connectivity index (χ3v) is 9.93. The number of halogens is 1. The van der Waals surface area contributed by atoms with E-state index in [1.54, 1.807) is 35.2 Å². The van der Waals surface area contributed by atoms with Gasteiger partial charge in [-0.15, -0.1) is 0 Å². The fourth-order valence-electron chi connectivity index (χ4n) is 7.67. The third-order valence-electron chi connectivity index (χ3n) is 9.68. The number of nitrogens with zero attached hydrogens (tertiary/aromatic N) is 1. The Hall–Kier alpha value is -3.40. The summed E-state index contributed by atoms with van der Waals surface area (Å²) in [6.07, 6.45) is 5.23. The maximum absolute atomic E-state index is 14.2. The molecule has 4 aliphatic rings. The van der Waals surface area contributed by atoms with Crippen LogP contribution in [0.5, 0.6) is 11.5 Å². The van der Waals surface area contributed by atoms with Crippen LogP contribution in [0.1, 0.15) is 59.5 Å². The minimum atomic E-state index is -1.19. The van der Waals surface area contributed by atoms with Gasteiger partial charge in [0.1, 0.15) is 18.5 Å². The molecule has 43 heavy (non-hydrogen) atoms. The number of ether oxygens (including phenoxy) is 2. The molecule has 2 saturated carbocycles. The summed E-state index contributed by atoms with van der Waals surface area (Å²) in [5.74, 6) is 0.965. The maximum atomic E-state index is 14.2. The SMILES string of the molecule is COc1cc(C=O)cc2c1O[C@@H]1[C@@H](O)[C@H](N(Cc3ccc(Cl)cc3)C(=O)CC3CC4CCC3C4)C=C(C(=O)NCCO)[C@H]21. The Bertz CT molecular complexity index is 1430. The van der Waals surface area contributed by atoms with E-state index in [4.69, 9.17) is 21.1 Å². The smallest absolute Gasteiger partial charge is 0.247 e. The molecule has 3 aliphatic carbocycles. The molecule has 228 valence electrons. The second-order valence-corrected chi connectivity index (χ2v) is 12.6. The number of aliphatic hydroxyl groups is 2. The lowest BCUT2D eigenvalue weighted by Gasteiger charge is -2.41. The average Bonchev–Trinajstić information content (AvgIpc) is 3.74. The van der Waals surface area contributed by atoms with Crippen molar-refractivity contribution in [1.82, 2.24) is 10.2 Å². The summed E-state index contributed by atoms with van der Waals surface area (Å²) in [6, 6.07) is 9.55. The Morgan fingerprint density at radius 1 is 1.19 bits per heavy atom. The number of fused-ring (bicyclic) bond motifs is 5. The summed E-state index contributed by atoms with van der Waals surface area (Å²) in [5, 5.41) is 24.6. The van der Waals surface area contributed by atoms with Crippen LogP contribution in [0.2, 0.25) is 5.02 Å². The predicted molar refractivity (Wildman–Crippen MR) is 159 cm³/mol. The maximum Gasteiger partial charge on any atom is 0.247 e. The number of hydrogen-bond acceptors (Lipinski definition) is 7. The second kappa shape index (κ2) is 12.3. The summed E-state index contributed by atoms with van der Waals surface area (Å²) < 4.78 is 11.8. The van der Waals surface area contributed by atoms with E-state index < -0.39 is 30.1 Å². The van der Waals surface area contributed by atoms with Crippen LogP contribution in [-0.2, 0) is 16.1 Å². The molecule has 2 bridgehead atoms. The third kappa shape index (κ3) is 5.66. The van der Waals surface area contributed by atoms with Gasteiger partial charge in [-0.1, -0.05) is 30.2 Å². The normalized spacial score (nSPS) is 28.4. The number of amides is 2. The highest BCUT2D eigenvalue weighted by Crippen LogP contribution is 2.52. The van der Waals surface area contributed by atoms with E-state index in [0.717, 1.165) is 18.4 Å². The number of carbonyl (C=O) groups excluding carboxylic acids is 3. The highest BCUT2D eigenvalue weighted by Gasteiger charge is 2.52. The number of methoxy groups -OCH3 is 1. The second-order valence-electron chi connectivity index (χ2n) is 12.2. The number of rotatable bonds is 10. The molecule has 1 aliphatic heterocycles. The molecule has 3 unspecified atom stereocenters. The zero-order chi connectivity index (χ0) is 30.2. The summed E-state index contributed by atoms with van der Waals surface area (Å²) in [5.41, 5.74) is 2.03. The Balaban J connectivity index is 1.40. The number of aldehydes is 1. The van der Waals surface area contributed by atoms with Gasteiger partial charge in [0, 0.05) is 41.2 Å². The summed E-state index contributed by atoms with van der Waals surface area (Å²) in [6.45, 7) is -0.00648. The highest BCUT2D eigenvalue weighted by atomic mass is 35.5. The number of aliphatic hydroxyl groups excluding tert-OH is 2. The standard InChI is InChI=1S/C33H37ClN2O7/c1-42-27-13-20(17-38)12-24-29-25(33(41)35-8-9-37)15-26(30(40)32(29)43-31(24)27)36(16-18-3-6-23(34)7-4-18)28(39)14-22-11-19-2-5-21(22)10-19/h3-4,6-7,12-13,15,17,19,21-22,26,29-30,32,37,40H,2,5,8-11,14,16H2,1H3,(H,35,41)/t19?,21?,22?,26-,29+,30+,32+/m1/s1. The number of nitrogens with one attached hydrogen (secondary N) is 1. The predicted octanol–water partition coefficient (Wildman–Crippen LogP) is 3.64. The van der Waals surface area contributed by atoms with Gasteiger partial charge >= 0.3 is 0 Å². The van der Waals surface area contributed by atoms with Crippen molar-refractivity contribution in [3.63, 3.8) is 0 Å². The van der Waals surface area contributed by atoms with E-state index in [0.29, 0.717) is 63.7 Å². The van der Waals surface area contributed by atoms with Crippen molar-refractivity contribution in [3.05, 3.63) is 69.8 Å². The largest absolute Gasteiger partial charge is 0.493 e. The molecule has 0 spiro atoms. The average molecular weight is 609 g/mol. The molecule has 9 nitrogen and oxygen atoms in total. The van der Waals surface area contributed by atoms with E-state index in [1.165, 1.54) is 20.0 Å². The molecule has 2 amide bonds. The van der Waals surface area contributed by atoms with Gasteiger partial charge in [-0.2, -0.15) is 0 Å². The lowest BCUT2D eigenvalue weighted by atomic mass is 9.77. The minimum Gasteiger partial charge on any atom is -0.493 e. The number of carbonyl (C=O) groups is 3. The first kappa shape index (κ1) is 29.7. The molecular weight excluding hydrogens is 572 g/mol. The van der Waals surface area contributed by atoms with Crippen molar-refractivity contribution >= 4 is 29.7 Å². The molecule has 7 atom stereocenters. The van der Waals surface area contributed by atoms with Crippen molar-refractivity contribution in [2.24, 2.45) is 17.8 Å². The minimum absolute atomic E-state index is 0.0316. The van der Waals surface area contributed by atoms with Crippen LogP contribution in [0.15, 0.2) is 48.0 Å². The zero-order valence-electron chi connectivity index (χ0n) is 24.1. The van der Waals surface area contributed by atoms with E-state index in [-0.39, 0.29) is 25.6 Å². The van der Waals surface area contributed by atoms with Crippen LogP contribution < -0.4 is 14.8 Å². The molecule has 0 aromatic heterocycles. The van der Waals surface area contributed by atoms with E-state index in [1.807, 2.05) is 12.1 Å². The van der Waals surface area contributed by atoms with Crippen LogP contribution in [0.4, 0.5) is 0 Å². The van der Waals surface area contributed by atoms with Crippen molar-refractivity contribution in [2.75, 3.05) is 20.3 Å². The molecule has 2 fully saturated rings. The molecular formula is C33H37ClN2O7. The molecule has 0 saturated heterocycles. The van der Waals surface area contributed by atoms with E-state index >= 15 is 0 Å². The van der Waals surface area contributed by atoms with Gasteiger partial charge < -0.3 is 29.9 Å². The first-order chi connectivity index (χ1) is 20.8. The van der Waals surface area contributed by atoms with Gasteiger partial charge in [0.15, 0.2) is 11.5 Å². The zero-order valence-corrected chi connectivity index (χ0v) is 24.8. The van der Waals surface area contributed by atoms with Crippen LogP contribution in [-0.4, -0.2) is 71.7 Å². The molecule has 10 heteroatoms. The Morgan fingerprint density at radius 2 is 1.98 bits per heavy atom. The Kier molecular flexibility index (Phi) is 8.49. The molecule has 3 N–H and O–H groups in total. The van der Waals surface area contributed by atoms with Crippen molar-refractivity contribution in [2.45, 2.75) is 62.8 Å². The molecule has 2 aromatic carbocycles. The van der Waals surface area contributed by atoms with Crippen molar-refractivity contribution < 1.29 is 34.1 Å².